The highest BCUT2D eigenvalue weighted by molar-refractivity contribution is 5.88. The molecule has 0 saturated heterocycles. The SMILES string of the molecule is CCn1c(=O)ccc2cnc(Nc3ccc4nc(-c5ccccc5)c(-c5ccccc5)nc4c3)nc21. The van der Waals surface area contributed by atoms with Gasteiger partial charge in [-0.05, 0) is 31.2 Å². The van der Waals surface area contributed by atoms with Gasteiger partial charge in [-0.25, -0.2) is 15.0 Å². The molecule has 0 atom stereocenters. The number of fused-ring (bicyclic) bond motifs is 2. The quantitative estimate of drug-likeness (QED) is 0.341. The van der Waals surface area contributed by atoms with Gasteiger partial charge in [-0.1, -0.05) is 60.7 Å². The lowest BCUT2D eigenvalue weighted by Gasteiger charge is -2.12. The van der Waals surface area contributed by atoms with Crippen molar-refractivity contribution in [2.45, 2.75) is 13.5 Å². The van der Waals surface area contributed by atoms with Gasteiger partial charge in [-0.15, -0.1) is 0 Å². The van der Waals surface area contributed by atoms with E-state index in [2.05, 4.69) is 15.3 Å². The molecule has 0 amide bonds. The fraction of sp³-hybridized carbons (Fsp3) is 0.0690. The van der Waals surface area contributed by atoms with E-state index in [9.17, 15) is 4.79 Å². The molecule has 0 aliphatic rings. The topological polar surface area (TPSA) is 85.6 Å². The van der Waals surface area contributed by atoms with Crippen molar-refractivity contribution in [1.82, 2.24) is 24.5 Å². The molecular weight excluding hydrogens is 448 g/mol. The Balaban J connectivity index is 1.44. The van der Waals surface area contributed by atoms with Gasteiger partial charge in [-0.2, -0.15) is 4.98 Å². The highest BCUT2D eigenvalue weighted by atomic mass is 16.1. The Hall–Kier alpha value is -4.91. The van der Waals surface area contributed by atoms with Crippen molar-refractivity contribution in [2.75, 3.05) is 5.32 Å². The molecule has 174 valence electrons. The van der Waals surface area contributed by atoms with Crippen LogP contribution in [-0.2, 0) is 6.54 Å². The van der Waals surface area contributed by atoms with Crippen molar-refractivity contribution in [3.05, 3.63) is 108 Å². The van der Waals surface area contributed by atoms with Crippen LogP contribution in [0.4, 0.5) is 11.6 Å². The van der Waals surface area contributed by atoms with Crippen LogP contribution in [0.3, 0.4) is 0 Å². The highest BCUT2D eigenvalue weighted by Crippen LogP contribution is 2.31. The third-order valence-electron chi connectivity index (χ3n) is 6.05. The van der Waals surface area contributed by atoms with Gasteiger partial charge in [0.2, 0.25) is 5.95 Å². The van der Waals surface area contributed by atoms with Gasteiger partial charge in [0.15, 0.2) is 0 Å². The van der Waals surface area contributed by atoms with E-state index in [-0.39, 0.29) is 5.56 Å². The summed E-state index contributed by atoms with van der Waals surface area (Å²) in [4.78, 5) is 31.3. The fourth-order valence-corrected chi connectivity index (χ4v) is 4.29. The summed E-state index contributed by atoms with van der Waals surface area (Å²) in [5.74, 6) is 0.409. The molecule has 0 saturated carbocycles. The van der Waals surface area contributed by atoms with E-state index in [4.69, 9.17) is 9.97 Å². The van der Waals surface area contributed by atoms with Crippen molar-refractivity contribution in [2.24, 2.45) is 0 Å². The zero-order valence-electron chi connectivity index (χ0n) is 19.6. The van der Waals surface area contributed by atoms with Crippen LogP contribution >= 0.6 is 0 Å². The molecule has 36 heavy (non-hydrogen) atoms. The molecular formula is C29H22N6O. The second kappa shape index (κ2) is 9.03. The summed E-state index contributed by atoms with van der Waals surface area (Å²) in [6, 6.07) is 29.3. The van der Waals surface area contributed by atoms with Gasteiger partial charge < -0.3 is 5.32 Å². The second-order valence-corrected chi connectivity index (χ2v) is 8.37. The highest BCUT2D eigenvalue weighted by Gasteiger charge is 2.14. The summed E-state index contributed by atoms with van der Waals surface area (Å²) in [6.45, 7) is 2.45. The molecule has 6 aromatic rings. The van der Waals surface area contributed by atoms with E-state index in [1.165, 1.54) is 0 Å². The number of rotatable bonds is 5. The average molecular weight is 471 g/mol. The first-order valence-electron chi connectivity index (χ1n) is 11.8. The molecule has 0 aliphatic heterocycles. The molecule has 0 fully saturated rings. The van der Waals surface area contributed by atoms with Crippen LogP contribution in [0.1, 0.15) is 6.92 Å². The average Bonchev–Trinajstić information content (AvgIpc) is 2.93. The lowest BCUT2D eigenvalue weighted by molar-refractivity contribution is 0.749. The summed E-state index contributed by atoms with van der Waals surface area (Å²) < 4.78 is 1.63. The zero-order valence-corrected chi connectivity index (χ0v) is 19.6. The van der Waals surface area contributed by atoms with Crippen LogP contribution < -0.4 is 10.9 Å². The van der Waals surface area contributed by atoms with E-state index >= 15 is 0 Å². The fourth-order valence-electron chi connectivity index (χ4n) is 4.29. The summed E-state index contributed by atoms with van der Waals surface area (Å²) >= 11 is 0. The Morgan fingerprint density at radius 3 is 2.08 bits per heavy atom. The van der Waals surface area contributed by atoms with Gasteiger partial charge >= 0.3 is 0 Å². The molecule has 0 unspecified atom stereocenters. The van der Waals surface area contributed by atoms with E-state index in [1.807, 2.05) is 85.8 Å². The number of pyridine rings is 1. The zero-order chi connectivity index (χ0) is 24.5. The number of anilines is 2. The van der Waals surface area contributed by atoms with Gasteiger partial charge in [0.1, 0.15) is 5.65 Å². The van der Waals surface area contributed by atoms with Gasteiger partial charge in [-0.3, -0.25) is 9.36 Å². The van der Waals surface area contributed by atoms with Crippen LogP contribution in [0.2, 0.25) is 0 Å². The van der Waals surface area contributed by atoms with Crippen molar-refractivity contribution in [3.63, 3.8) is 0 Å². The second-order valence-electron chi connectivity index (χ2n) is 8.37. The molecule has 0 aliphatic carbocycles. The van der Waals surface area contributed by atoms with Crippen LogP contribution in [0.25, 0.3) is 44.6 Å². The Labute approximate surface area is 207 Å². The normalized spacial score (nSPS) is 11.1. The summed E-state index contributed by atoms with van der Waals surface area (Å²) in [5, 5.41) is 4.07. The van der Waals surface area contributed by atoms with E-state index in [0.29, 0.717) is 18.1 Å². The van der Waals surface area contributed by atoms with Gasteiger partial charge in [0.25, 0.3) is 5.56 Å². The Morgan fingerprint density at radius 2 is 1.42 bits per heavy atom. The van der Waals surface area contributed by atoms with Crippen molar-refractivity contribution in [3.8, 4) is 22.5 Å². The largest absolute Gasteiger partial charge is 0.324 e. The molecule has 7 nitrogen and oxygen atoms in total. The summed E-state index contributed by atoms with van der Waals surface area (Å²) in [6.07, 6.45) is 1.72. The number of hydrogen-bond acceptors (Lipinski definition) is 6. The predicted octanol–water partition coefficient (Wildman–Crippen LogP) is 5.83. The first-order valence-corrected chi connectivity index (χ1v) is 11.8. The lowest BCUT2D eigenvalue weighted by Crippen LogP contribution is -2.19. The van der Waals surface area contributed by atoms with Crippen LogP contribution in [-0.4, -0.2) is 24.5 Å². The molecule has 3 aromatic carbocycles. The van der Waals surface area contributed by atoms with E-state index in [0.717, 1.165) is 44.6 Å². The molecule has 1 N–H and O–H groups in total. The minimum absolute atomic E-state index is 0.0849. The van der Waals surface area contributed by atoms with Crippen molar-refractivity contribution < 1.29 is 0 Å². The first-order chi connectivity index (χ1) is 17.7. The third kappa shape index (κ3) is 3.96. The van der Waals surface area contributed by atoms with Gasteiger partial charge in [0, 0.05) is 41.0 Å². The minimum atomic E-state index is -0.0849. The van der Waals surface area contributed by atoms with Crippen molar-refractivity contribution >= 4 is 33.7 Å². The molecule has 3 heterocycles. The number of hydrogen-bond donors (Lipinski definition) is 1. The maximum Gasteiger partial charge on any atom is 0.252 e. The number of aromatic nitrogens is 5. The van der Waals surface area contributed by atoms with Crippen molar-refractivity contribution in [1.29, 1.82) is 0 Å². The third-order valence-corrected chi connectivity index (χ3v) is 6.05. The monoisotopic (exact) mass is 470 g/mol. The number of nitrogens with one attached hydrogen (secondary N) is 1. The maximum absolute atomic E-state index is 12.2. The smallest absolute Gasteiger partial charge is 0.252 e. The summed E-state index contributed by atoms with van der Waals surface area (Å²) in [7, 11) is 0. The van der Waals surface area contributed by atoms with E-state index in [1.54, 1.807) is 22.9 Å². The minimum Gasteiger partial charge on any atom is -0.324 e. The Morgan fingerprint density at radius 1 is 0.750 bits per heavy atom. The molecule has 0 radical (unpaired) electrons. The Bertz CT molecular complexity index is 1760. The van der Waals surface area contributed by atoms with Crippen LogP contribution in [0.5, 0.6) is 0 Å². The van der Waals surface area contributed by atoms with Crippen LogP contribution in [0.15, 0.2) is 102 Å². The number of nitrogens with zero attached hydrogens (tertiary/aromatic N) is 5. The summed E-state index contributed by atoms with van der Waals surface area (Å²) in [5.41, 5.74) is 6.51. The number of benzene rings is 3. The van der Waals surface area contributed by atoms with Crippen LogP contribution in [0, 0.1) is 0 Å². The van der Waals surface area contributed by atoms with Gasteiger partial charge in [0.05, 0.1) is 22.4 Å². The maximum atomic E-state index is 12.2. The molecule has 0 spiro atoms. The first kappa shape index (κ1) is 21.6. The molecule has 0 bridgehead atoms. The Kier molecular flexibility index (Phi) is 5.42. The molecule has 7 heteroatoms. The number of aryl methyl sites for hydroxylation is 1. The standard InChI is InChI=1S/C29H22N6O/c1-2-35-25(36)16-13-21-18-30-29(34-28(21)35)31-22-14-15-23-24(17-22)33-27(20-11-7-4-8-12-20)26(32-23)19-9-5-3-6-10-19/h3-18H,2H2,1H3,(H,30,31,34). The molecule has 6 rings (SSSR count). The van der Waals surface area contributed by atoms with E-state index < -0.39 is 0 Å². The molecule has 3 aromatic heterocycles. The lowest BCUT2D eigenvalue weighted by atomic mass is 10.0. The predicted molar refractivity (Wildman–Crippen MR) is 143 cm³/mol.